The molecule has 0 saturated carbocycles. The van der Waals surface area contributed by atoms with E-state index < -0.39 is 0 Å². The zero-order valence-electron chi connectivity index (χ0n) is 10.4. The molecule has 4 nitrogen and oxygen atoms in total. The number of rotatable bonds is 3. The van der Waals surface area contributed by atoms with Gasteiger partial charge in [0.25, 0.3) is 0 Å². The van der Waals surface area contributed by atoms with Gasteiger partial charge in [0.2, 0.25) is 0 Å². The normalized spacial score (nSPS) is 22.3. The lowest BCUT2D eigenvalue weighted by molar-refractivity contribution is 0.0601. The highest BCUT2D eigenvalue weighted by molar-refractivity contribution is 5.15. The lowest BCUT2D eigenvalue weighted by Gasteiger charge is -2.33. The van der Waals surface area contributed by atoms with Crippen molar-refractivity contribution in [2.45, 2.75) is 38.3 Å². The maximum absolute atomic E-state index is 5.49. The third-order valence-electron chi connectivity index (χ3n) is 3.15. The molecular weight excluding hydrogens is 202 g/mol. The molecule has 1 aromatic heterocycles. The minimum atomic E-state index is -0.0420. The van der Waals surface area contributed by atoms with Gasteiger partial charge in [0.1, 0.15) is 0 Å². The fraction of sp³-hybridized carbons (Fsp3) is 0.750. The van der Waals surface area contributed by atoms with Crippen molar-refractivity contribution >= 4 is 0 Å². The van der Waals surface area contributed by atoms with Crippen molar-refractivity contribution in [1.82, 2.24) is 15.1 Å². The molecule has 1 fully saturated rings. The van der Waals surface area contributed by atoms with Crippen molar-refractivity contribution in [2.24, 2.45) is 7.05 Å². The average Bonchev–Trinajstić information content (AvgIpc) is 2.66. The van der Waals surface area contributed by atoms with Gasteiger partial charge in [-0.3, -0.25) is 4.68 Å². The molecule has 90 valence electrons. The van der Waals surface area contributed by atoms with Crippen LogP contribution in [0.25, 0.3) is 0 Å². The van der Waals surface area contributed by atoms with Crippen LogP contribution in [-0.2, 0) is 17.3 Å². The SMILES string of the molecule is Cn1cc(C(C)(C)NC2CCCOC2)cn1. The van der Waals surface area contributed by atoms with Crippen LogP contribution in [0.3, 0.4) is 0 Å². The zero-order valence-corrected chi connectivity index (χ0v) is 10.4. The molecule has 0 spiro atoms. The van der Waals surface area contributed by atoms with Crippen LogP contribution in [0.15, 0.2) is 12.4 Å². The first-order valence-corrected chi connectivity index (χ1v) is 5.92. The standard InChI is InChI=1S/C12H21N3O/c1-12(2,10-7-13-15(3)8-10)14-11-5-4-6-16-9-11/h7-8,11,14H,4-6,9H2,1-3H3. The summed E-state index contributed by atoms with van der Waals surface area (Å²) in [5.74, 6) is 0. The number of aryl methyl sites for hydroxylation is 1. The van der Waals surface area contributed by atoms with E-state index in [1.807, 2.05) is 17.9 Å². The molecule has 1 saturated heterocycles. The number of hydrogen-bond donors (Lipinski definition) is 1. The van der Waals surface area contributed by atoms with Gasteiger partial charge >= 0.3 is 0 Å². The summed E-state index contributed by atoms with van der Waals surface area (Å²) in [6, 6.07) is 0.462. The number of hydrogen-bond acceptors (Lipinski definition) is 3. The molecule has 1 N–H and O–H groups in total. The molecule has 1 aromatic rings. The van der Waals surface area contributed by atoms with Crippen LogP contribution in [0, 0.1) is 0 Å². The van der Waals surface area contributed by atoms with Crippen LogP contribution in [-0.4, -0.2) is 29.0 Å². The van der Waals surface area contributed by atoms with E-state index in [9.17, 15) is 0 Å². The van der Waals surface area contributed by atoms with E-state index in [1.54, 1.807) is 0 Å². The van der Waals surface area contributed by atoms with Gasteiger partial charge in [-0.2, -0.15) is 5.10 Å². The van der Waals surface area contributed by atoms with Gasteiger partial charge in [-0.25, -0.2) is 0 Å². The lowest BCUT2D eigenvalue weighted by Crippen LogP contribution is -2.47. The summed E-state index contributed by atoms with van der Waals surface area (Å²) in [6.45, 7) is 6.12. The lowest BCUT2D eigenvalue weighted by atomic mass is 9.95. The van der Waals surface area contributed by atoms with Crippen LogP contribution in [0.2, 0.25) is 0 Å². The smallest absolute Gasteiger partial charge is 0.0619 e. The molecule has 1 atom stereocenters. The summed E-state index contributed by atoms with van der Waals surface area (Å²) < 4.78 is 7.33. The number of aromatic nitrogens is 2. The van der Waals surface area contributed by atoms with Gasteiger partial charge in [0.15, 0.2) is 0 Å². The first-order valence-electron chi connectivity index (χ1n) is 5.92. The zero-order chi connectivity index (χ0) is 11.6. The molecular formula is C12H21N3O. The Hall–Kier alpha value is -0.870. The second kappa shape index (κ2) is 4.55. The Morgan fingerprint density at radius 2 is 2.38 bits per heavy atom. The van der Waals surface area contributed by atoms with Gasteiger partial charge in [0, 0.05) is 37.0 Å². The molecule has 2 heterocycles. The topological polar surface area (TPSA) is 39.1 Å². The minimum Gasteiger partial charge on any atom is -0.380 e. The monoisotopic (exact) mass is 223 g/mol. The van der Waals surface area contributed by atoms with Crippen molar-refractivity contribution < 1.29 is 4.74 Å². The van der Waals surface area contributed by atoms with Gasteiger partial charge in [-0.1, -0.05) is 0 Å². The Morgan fingerprint density at radius 1 is 1.56 bits per heavy atom. The summed E-state index contributed by atoms with van der Waals surface area (Å²) in [5.41, 5.74) is 1.18. The molecule has 0 bridgehead atoms. The summed E-state index contributed by atoms with van der Waals surface area (Å²) in [7, 11) is 1.95. The second-order valence-corrected chi connectivity index (χ2v) is 5.09. The minimum absolute atomic E-state index is 0.0420. The predicted octanol–water partition coefficient (Wildman–Crippen LogP) is 1.42. The van der Waals surface area contributed by atoms with E-state index in [0.717, 1.165) is 19.6 Å². The van der Waals surface area contributed by atoms with E-state index in [0.29, 0.717) is 6.04 Å². The molecule has 16 heavy (non-hydrogen) atoms. The third-order valence-corrected chi connectivity index (χ3v) is 3.15. The molecule has 0 amide bonds. The Labute approximate surface area is 97.0 Å². The van der Waals surface area contributed by atoms with Gasteiger partial charge in [0.05, 0.1) is 12.8 Å². The summed E-state index contributed by atoms with van der Waals surface area (Å²) in [4.78, 5) is 0. The van der Waals surface area contributed by atoms with Crippen molar-refractivity contribution in [3.8, 4) is 0 Å². The summed E-state index contributed by atoms with van der Waals surface area (Å²) in [6.07, 6.45) is 6.35. The Kier molecular flexibility index (Phi) is 3.30. The maximum Gasteiger partial charge on any atom is 0.0619 e. The molecule has 1 aliphatic heterocycles. The van der Waals surface area contributed by atoms with Gasteiger partial charge < -0.3 is 10.1 Å². The van der Waals surface area contributed by atoms with E-state index in [2.05, 4.69) is 30.5 Å². The molecule has 1 unspecified atom stereocenters. The van der Waals surface area contributed by atoms with Crippen LogP contribution in [0.4, 0.5) is 0 Å². The highest BCUT2D eigenvalue weighted by atomic mass is 16.5. The highest BCUT2D eigenvalue weighted by Crippen LogP contribution is 2.21. The van der Waals surface area contributed by atoms with Crippen molar-refractivity contribution in [2.75, 3.05) is 13.2 Å². The van der Waals surface area contributed by atoms with Crippen molar-refractivity contribution in [3.05, 3.63) is 18.0 Å². The highest BCUT2D eigenvalue weighted by Gasteiger charge is 2.26. The fourth-order valence-corrected chi connectivity index (χ4v) is 2.19. The van der Waals surface area contributed by atoms with Crippen molar-refractivity contribution in [1.29, 1.82) is 0 Å². The second-order valence-electron chi connectivity index (χ2n) is 5.09. The Balaban J connectivity index is 2.01. The largest absolute Gasteiger partial charge is 0.380 e. The molecule has 2 rings (SSSR count). The van der Waals surface area contributed by atoms with Crippen LogP contribution >= 0.6 is 0 Å². The van der Waals surface area contributed by atoms with E-state index in [4.69, 9.17) is 4.74 Å². The molecule has 4 heteroatoms. The Bertz CT molecular complexity index is 340. The van der Waals surface area contributed by atoms with Crippen LogP contribution < -0.4 is 5.32 Å². The predicted molar refractivity (Wildman–Crippen MR) is 63.2 cm³/mol. The maximum atomic E-state index is 5.49. The van der Waals surface area contributed by atoms with E-state index in [1.165, 1.54) is 12.0 Å². The summed E-state index contributed by atoms with van der Waals surface area (Å²) >= 11 is 0. The fourth-order valence-electron chi connectivity index (χ4n) is 2.19. The molecule has 1 aliphatic rings. The quantitative estimate of drug-likeness (QED) is 0.842. The van der Waals surface area contributed by atoms with Crippen LogP contribution in [0.5, 0.6) is 0 Å². The molecule has 0 aromatic carbocycles. The Morgan fingerprint density at radius 3 is 2.94 bits per heavy atom. The van der Waals surface area contributed by atoms with Gasteiger partial charge in [-0.15, -0.1) is 0 Å². The first kappa shape index (κ1) is 11.6. The molecule has 0 radical (unpaired) electrons. The first-order chi connectivity index (χ1) is 7.58. The number of nitrogens with zero attached hydrogens (tertiary/aromatic N) is 2. The van der Waals surface area contributed by atoms with E-state index >= 15 is 0 Å². The summed E-state index contributed by atoms with van der Waals surface area (Å²) in [5, 5.41) is 7.87. The van der Waals surface area contributed by atoms with Gasteiger partial charge in [-0.05, 0) is 26.7 Å². The average molecular weight is 223 g/mol. The van der Waals surface area contributed by atoms with Crippen molar-refractivity contribution in [3.63, 3.8) is 0 Å². The van der Waals surface area contributed by atoms with E-state index in [-0.39, 0.29) is 5.54 Å². The number of nitrogens with one attached hydrogen (secondary N) is 1. The van der Waals surface area contributed by atoms with Crippen LogP contribution in [0.1, 0.15) is 32.3 Å². The molecule has 0 aliphatic carbocycles. The third kappa shape index (κ3) is 2.62. The number of ether oxygens (including phenoxy) is 1.